The maximum atomic E-state index is 13.6. The summed E-state index contributed by atoms with van der Waals surface area (Å²) in [7, 11) is 0. The summed E-state index contributed by atoms with van der Waals surface area (Å²) in [5.74, 6) is -3.56. The third kappa shape index (κ3) is 2.20. The molecular weight excluding hydrogens is 262 g/mol. The van der Waals surface area contributed by atoms with Crippen LogP contribution in [0.5, 0.6) is 0 Å². The van der Waals surface area contributed by atoms with Crippen molar-refractivity contribution in [3.05, 3.63) is 33.9 Å². The van der Waals surface area contributed by atoms with Gasteiger partial charge >= 0.3 is 5.97 Å². The van der Waals surface area contributed by atoms with Crippen molar-refractivity contribution in [1.29, 1.82) is 0 Å². The van der Waals surface area contributed by atoms with Crippen LogP contribution in [0, 0.1) is 21.7 Å². The number of nitro benzene ring substituents is 1. The maximum absolute atomic E-state index is 13.6. The zero-order valence-corrected chi connectivity index (χ0v) is 9.65. The van der Waals surface area contributed by atoms with Crippen LogP contribution in [0.2, 0.25) is 0 Å². The molecule has 0 spiro atoms. The van der Waals surface area contributed by atoms with Gasteiger partial charge in [-0.1, -0.05) is 0 Å². The van der Waals surface area contributed by atoms with Gasteiger partial charge in [0.25, 0.3) is 5.69 Å². The molecule has 1 aliphatic carbocycles. The Labute approximate surface area is 106 Å². The first-order valence-electron chi connectivity index (χ1n) is 5.51. The summed E-state index contributed by atoms with van der Waals surface area (Å²) in [6, 6.07) is 1.11. The van der Waals surface area contributed by atoms with Gasteiger partial charge in [-0.15, -0.1) is 0 Å². The largest absolute Gasteiger partial charge is 0.480 e. The average Bonchev–Trinajstić information content (AvgIpc) is 2.25. The van der Waals surface area contributed by atoms with Crippen molar-refractivity contribution < 1.29 is 23.6 Å². The number of nitro groups is 1. The summed E-state index contributed by atoms with van der Waals surface area (Å²) in [4.78, 5) is 20.6. The van der Waals surface area contributed by atoms with Gasteiger partial charge in [0.1, 0.15) is 11.2 Å². The minimum absolute atomic E-state index is 0.248. The molecule has 0 heterocycles. The Kier molecular flexibility index (Phi) is 3.09. The number of hydrogen-bond donors (Lipinski definition) is 2. The molecule has 8 heteroatoms. The van der Waals surface area contributed by atoms with Gasteiger partial charge in [-0.05, 0) is 19.3 Å². The van der Waals surface area contributed by atoms with E-state index in [4.69, 9.17) is 5.11 Å². The molecule has 2 N–H and O–H groups in total. The van der Waals surface area contributed by atoms with E-state index < -0.39 is 39.4 Å². The summed E-state index contributed by atoms with van der Waals surface area (Å²) in [6.07, 6.45) is 1.13. The molecule has 0 atom stereocenters. The second-order valence-electron chi connectivity index (χ2n) is 4.41. The molecule has 0 radical (unpaired) electrons. The summed E-state index contributed by atoms with van der Waals surface area (Å²) in [6.45, 7) is 0. The predicted molar refractivity (Wildman–Crippen MR) is 60.9 cm³/mol. The highest BCUT2D eigenvalue weighted by Crippen LogP contribution is 2.37. The lowest BCUT2D eigenvalue weighted by atomic mass is 9.76. The predicted octanol–water partition coefficient (Wildman–Crippen LogP) is 2.29. The highest BCUT2D eigenvalue weighted by atomic mass is 19.1. The number of non-ortho nitro benzene ring substituents is 1. The van der Waals surface area contributed by atoms with Crippen LogP contribution < -0.4 is 5.32 Å². The van der Waals surface area contributed by atoms with Crippen LogP contribution in [0.4, 0.5) is 20.2 Å². The number of rotatable bonds is 4. The van der Waals surface area contributed by atoms with Crippen molar-refractivity contribution >= 4 is 17.3 Å². The topological polar surface area (TPSA) is 92.5 Å². The number of hydrogen-bond acceptors (Lipinski definition) is 4. The van der Waals surface area contributed by atoms with Crippen LogP contribution in [-0.2, 0) is 4.79 Å². The van der Waals surface area contributed by atoms with Crippen molar-refractivity contribution in [2.45, 2.75) is 24.8 Å². The average molecular weight is 272 g/mol. The van der Waals surface area contributed by atoms with Crippen LogP contribution in [0.25, 0.3) is 0 Å². The van der Waals surface area contributed by atoms with E-state index in [9.17, 15) is 23.7 Å². The summed E-state index contributed by atoms with van der Waals surface area (Å²) >= 11 is 0. The van der Waals surface area contributed by atoms with Gasteiger partial charge in [-0.3, -0.25) is 10.1 Å². The Bertz CT molecular complexity index is 535. The number of aliphatic carboxylic acids is 1. The standard InChI is InChI=1S/C11H10F2N2O4/c12-7-4-6(15(18)19)5-8(13)9(7)14-11(10(16)17)2-1-3-11/h4-5,14H,1-3H2,(H,16,17). The first-order valence-corrected chi connectivity index (χ1v) is 5.51. The Hall–Kier alpha value is -2.25. The lowest BCUT2D eigenvalue weighted by molar-refractivity contribution is -0.385. The van der Waals surface area contributed by atoms with Gasteiger partial charge in [0, 0.05) is 0 Å². The number of carboxylic acid groups (broad SMARTS) is 1. The number of carboxylic acids is 1. The maximum Gasteiger partial charge on any atom is 0.329 e. The summed E-state index contributed by atoms with van der Waals surface area (Å²) in [5, 5.41) is 21.8. The van der Waals surface area contributed by atoms with Gasteiger partial charge in [-0.25, -0.2) is 13.6 Å². The molecule has 0 saturated heterocycles. The van der Waals surface area contributed by atoms with Crippen molar-refractivity contribution in [3.8, 4) is 0 Å². The Morgan fingerprint density at radius 2 is 1.89 bits per heavy atom. The smallest absolute Gasteiger partial charge is 0.329 e. The second kappa shape index (κ2) is 4.45. The zero-order chi connectivity index (χ0) is 14.2. The van der Waals surface area contributed by atoms with E-state index in [1.165, 1.54) is 0 Å². The van der Waals surface area contributed by atoms with Gasteiger partial charge in [0.15, 0.2) is 11.6 Å². The van der Waals surface area contributed by atoms with Crippen molar-refractivity contribution in [2.24, 2.45) is 0 Å². The van der Waals surface area contributed by atoms with E-state index in [0.717, 1.165) is 0 Å². The molecule has 2 rings (SSSR count). The van der Waals surface area contributed by atoms with Gasteiger partial charge in [0.2, 0.25) is 0 Å². The lowest BCUT2D eigenvalue weighted by Gasteiger charge is -2.39. The number of nitrogens with zero attached hydrogens (tertiary/aromatic N) is 1. The quantitative estimate of drug-likeness (QED) is 0.648. The molecule has 1 saturated carbocycles. The fourth-order valence-corrected chi connectivity index (χ4v) is 1.95. The monoisotopic (exact) mass is 272 g/mol. The van der Waals surface area contributed by atoms with Crippen molar-refractivity contribution in [1.82, 2.24) is 0 Å². The van der Waals surface area contributed by atoms with E-state index in [2.05, 4.69) is 5.32 Å². The molecule has 6 nitrogen and oxygen atoms in total. The molecular formula is C11H10F2N2O4. The molecule has 102 valence electrons. The molecule has 1 aromatic rings. The van der Waals surface area contributed by atoms with Crippen LogP contribution in [0.1, 0.15) is 19.3 Å². The molecule has 19 heavy (non-hydrogen) atoms. The molecule has 0 aliphatic heterocycles. The van der Waals surface area contributed by atoms with Crippen molar-refractivity contribution in [2.75, 3.05) is 5.32 Å². The van der Waals surface area contributed by atoms with E-state index >= 15 is 0 Å². The molecule has 0 bridgehead atoms. The van der Waals surface area contributed by atoms with Crippen LogP contribution in [0.3, 0.4) is 0 Å². The zero-order valence-electron chi connectivity index (χ0n) is 9.65. The molecule has 0 unspecified atom stereocenters. The highest BCUT2D eigenvalue weighted by Gasteiger charge is 2.45. The first-order chi connectivity index (χ1) is 8.85. The number of benzene rings is 1. The summed E-state index contributed by atoms with van der Waals surface area (Å²) in [5.41, 5.74) is -2.76. The SMILES string of the molecule is O=C(O)C1(Nc2c(F)cc([N+](=O)[O-])cc2F)CCC1. The van der Waals surface area contributed by atoms with Crippen LogP contribution in [-0.4, -0.2) is 21.5 Å². The number of nitrogens with one attached hydrogen (secondary N) is 1. The third-order valence-corrected chi connectivity index (χ3v) is 3.22. The fourth-order valence-electron chi connectivity index (χ4n) is 1.95. The van der Waals surface area contributed by atoms with Crippen LogP contribution in [0.15, 0.2) is 12.1 Å². The Morgan fingerprint density at radius 3 is 2.21 bits per heavy atom. The molecule has 0 aromatic heterocycles. The van der Waals surface area contributed by atoms with Gasteiger partial charge in [0.05, 0.1) is 17.1 Å². The van der Waals surface area contributed by atoms with E-state index in [1.807, 2.05) is 0 Å². The first kappa shape index (κ1) is 13.2. The van der Waals surface area contributed by atoms with E-state index in [-0.39, 0.29) is 12.8 Å². The molecule has 0 amide bonds. The minimum atomic E-state index is -1.39. The van der Waals surface area contributed by atoms with Gasteiger partial charge < -0.3 is 10.4 Å². The molecule has 1 fully saturated rings. The van der Waals surface area contributed by atoms with E-state index in [0.29, 0.717) is 18.6 Å². The number of carbonyl (C=O) groups is 1. The normalized spacial score (nSPS) is 16.5. The van der Waals surface area contributed by atoms with Crippen LogP contribution >= 0.6 is 0 Å². The number of anilines is 1. The van der Waals surface area contributed by atoms with E-state index in [1.54, 1.807) is 0 Å². The minimum Gasteiger partial charge on any atom is -0.480 e. The van der Waals surface area contributed by atoms with Crippen molar-refractivity contribution in [3.63, 3.8) is 0 Å². The van der Waals surface area contributed by atoms with Gasteiger partial charge in [-0.2, -0.15) is 0 Å². The Balaban J connectivity index is 2.36. The third-order valence-electron chi connectivity index (χ3n) is 3.22. The second-order valence-corrected chi connectivity index (χ2v) is 4.41. The fraction of sp³-hybridized carbons (Fsp3) is 0.364. The lowest BCUT2D eigenvalue weighted by Crippen LogP contribution is -2.52. The Morgan fingerprint density at radius 1 is 1.37 bits per heavy atom. The summed E-state index contributed by atoms with van der Waals surface area (Å²) < 4.78 is 27.3. The molecule has 1 aliphatic rings. The number of halogens is 2. The molecule has 1 aromatic carbocycles. The highest BCUT2D eigenvalue weighted by molar-refractivity contribution is 5.84.